The number of methoxy groups -OCH3 is 1. The van der Waals surface area contributed by atoms with Crippen molar-refractivity contribution in [3.05, 3.63) is 58.9 Å². The number of nitrogens with one attached hydrogen (secondary N) is 1. The van der Waals surface area contributed by atoms with Crippen LogP contribution in [0, 0.1) is 30.9 Å². The Balaban J connectivity index is 1.43. The number of rotatable bonds is 7. The summed E-state index contributed by atoms with van der Waals surface area (Å²) in [4.78, 5) is 40.6. The number of amides is 2. The second kappa shape index (κ2) is 14.4. The summed E-state index contributed by atoms with van der Waals surface area (Å²) in [7, 11) is 1.49. The topological polar surface area (TPSA) is 115 Å². The van der Waals surface area contributed by atoms with Crippen LogP contribution >= 0.6 is 0 Å². The van der Waals surface area contributed by atoms with E-state index in [1.54, 1.807) is 52.1 Å². The SMILES string of the molecule is C#Cc1c(F)ccc2cc(OCOC)cc(-c3ncc4c(N5CC6CCC(C5)N6C(=O)OC(C)(C)C)nc(C5(NC(=O)OC(C)(C)C)CCC5)c(C)c4c3F)c12. The molecule has 2 bridgehead atoms. The number of piperazine rings is 1. The number of carbonyl (C=O) groups excluding carboxylic acids is 2. The molecule has 2 atom stereocenters. The minimum atomic E-state index is -0.928. The number of carbonyl (C=O) groups is 2. The number of alkyl carbamates (subject to hydrolysis) is 1. The average molecular weight is 770 g/mol. The zero-order valence-corrected chi connectivity index (χ0v) is 33.3. The van der Waals surface area contributed by atoms with Gasteiger partial charge in [-0.05, 0) is 110 Å². The average Bonchev–Trinajstić information content (AvgIpc) is 3.37. The number of anilines is 1. The molecule has 0 radical (unpaired) electrons. The van der Waals surface area contributed by atoms with Gasteiger partial charge in [0.05, 0.1) is 28.9 Å². The van der Waals surface area contributed by atoms with E-state index in [-0.39, 0.29) is 47.2 Å². The molecule has 7 rings (SSSR count). The van der Waals surface area contributed by atoms with Crippen molar-refractivity contribution in [2.45, 2.75) is 109 Å². The Labute approximate surface area is 326 Å². The molecule has 56 heavy (non-hydrogen) atoms. The van der Waals surface area contributed by atoms with Gasteiger partial charge in [0.2, 0.25) is 0 Å². The van der Waals surface area contributed by atoms with Crippen molar-refractivity contribution in [1.82, 2.24) is 20.2 Å². The summed E-state index contributed by atoms with van der Waals surface area (Å²) in [6.07, 6.45) is 9.99. The summed E-state index contributed by atoms with van der Waals surface area (Å²) >= 11 is 0. The molecule has 3 aliphatic rings. The standard InChI is InChI=1S/C43H49F2N5O6/c1-10-29-32(44)15-12-25-18-28(54-23-53-9)19-30(34(25)29)36-35(45)33-24(2)37(43(16-11-17-43)48-39(51)55-41(3,4)5)47-38(31(33)20-46-36)49-21-26-13-14-27(22-49)50(26)40(52)56-42(6,7)8/h1,12,15,18-20,26-27H,11,13-14,16-17,21-23H2,2-9H3,(H,48,51). The van der Waals surface area contributed by atoms with Crippen LogP contribution in [0.3, 0.4) is 0 Å². The molecule has 2 amide bonds. The Morgan fingerprint density at radius 3 is 2.29 bits per heavy atom. The van der Waals surface area contributed by atoms with E-state index in [4.69, 9.17) is 35.3 Å². The van der Waals surface area contributed by atoms with Crippen molar-refractivity contribution in [2.75, 3.05) is 31.9 Å². The van der Waals surface area contributed by atoms with Gasteiger partial charge in [-0.2, -0.15) is 0 Å². The predicted octanol–water partition coefficient (Wildman–Crippen LogP) is 8.49. The van der Waals surface area contributed by atoms with E-state index in [1.807, 2.05) is 25.7 Å². The number of terminal acetylenes is 1. The first kappa shape index (κ1) is 39.0. The number of ether oxygens (including phenoxy) is 4. The van der Waals surface area contributed by atoms with Crippen LogP contribution in [0.25, 0.3) is 32.8 Å². The molecule has 1 N–H and O–H groups in total. The quantitative estimate of drug-likeness (QED) is 0.146. The normalized spacial score (nSPS) is 19.1. The van der Waals surface area contributed by atoms with Crippen LogP contribution in [0.4, 0.5) is 24.2 Å². The lowest BCUT2D eigenvalue weighted by Gasteiger charge is -2.45. The number of hydrogen-bond donors (Lipinski definition) is 1. The number of halogens is 2. The molecule has 2 saturated heterocycles. The van der Waals surface area contributed by atoms with E-state index in [9.17, 15) is 9.59 Å². The zero-order valence-electron chi connectivity index (χ0n) is 33.3. The van der Waals surface area contributed by atoms with Crippen molar-refractivity contribution < 1.29 is 37.3 Å². The molecule has 0 spiro atoms. The fourth-order valence-corrected chi connectivity index (χ4v) is 8.38. The van der Waals surface area contributed by atoms with Gasteiger partial charge >= 0.3 is 12.2 Å². The molecule has 11 nitrogen and oxygen atoms in total. The molecule has 2 aromatic carbocycles. The van der Waals surface area contributed by atoms with E-state index >= 15 is 8.78 Å². The van der Waals surface area contributed by atoms with Gasteiger partial charge in [0.25, 0.3) is 0 Å². The van der Waals surface area contributed by atoms with Crippen LogP contribution in [-0.4, -0.2) is 77.3 Å². The zero-order chi connectivity index (χ0) is 40.3. The molecular weight excluding hydrogens is 720 g/mol. The maximum Gasteiger partial charge on any atom is 0.410 e. The van der Waals surface area contributed by atoms with E-state index in [2.05, 4.69) is 16.1 Å². The van der Waals surface area contributed by atoms with E-state index in [0.717, 1.165) is 19.3 Å². The lowest BCUT2D eigenvalue weighted by atomic mass is 9.72. The lowest BCUT2D eigenvalue weighted by molar-refractivity contribution is 0.0122. The molecule has 4 heterocycles. The van der Waals surface area contributed by atoms with Crippen molar-refractivity contribution in [1.29, 1.82) is 0 Å². The first-order chi connectivity index (χ1) is 26.4. The van der Waals surface area contributed by atoms with Gasteiger partial charge in [0, 0.05) is 48.1 Å². The van der Waals surface area contributed by atoms with Crippen LogP contribution in [0.1, 0.15) is 90.5 Å². The van der Waals surface area contributed by atoms with Gasteiger partial charge in [-0.25, -0.2) is 23.4 Å². The molecule has 1 saturated carbocycles. The summed E-state index contributed by atoms with van der Waals surface area (Å²) < 4.78 is 55.4. The fourth-order valence-electron chi connectivity index (χ4n) is 8.38. The Morgan fingerprint density at radius 2 is 1.70 bits per heavy atom. The number of benzene rings is 2. The van der Waals surface area contributed by atoms with E-state index in [1.165, 1.54) is 13.2 Å². The van der Waals surface area contributed by atoms with Gasteiger partial charge in [0.15, 0.2) is 12.6 Å². The van der Waals surface area contributed by atoms with Crippen LogP contribution in [-0.2, 0) is 19.7 Å². The highest BCUT2D eigenvalue weighted by Gasteiger charge is 2.47. The summed E-state index contributed by atoms with van der Waals surface area (Å²) in [5.41, 5.74) is -1.12. The number of hydrogen-bond acceptors (Lipinski definition) is 9. The molecule has 1 aliphatic carbocycles. The highest BCUT2D eigenvalue weighted by Crippen LogP contribution is 2.47. The van der Waals surface area contributed by atoms with Crippen molar-refractivity contribution in [3.63, 3.8) is 0 Å². The Morgan fingerprint density at radius 1 is 1.02 bits per heavy atom. The monoisotopic (exact) mass is 769 g/mol. The second-order valence-corrected chi connectivity index (χ2v) is 17.0. The van der Waals surface area contributed by atoms with Crippen LogP contribution in [0.2, 0.25) is 0 Å². The lowest BCUT2D eigenvalue weighted by Crippen LogP contribution is -2.57. The second-order valence-electron chi connectivity index (χ2n) is 17.0. The highest BCUT2D eigenvalue weighted by molar-refractivity contribution is 6.04. The summed E-state index contributed by atoms with van der Waals surface area (Å²) in [5.74, 6) is 2.01. The third-order valence-electron chi connectivity index (χ3n) is 10.8. The Hall–Kier alpha value is -5.22. The highest BCUT2D eigenvalue weighted by atomic mass is 19.1. The maximum absolute atomic E-state index is 17.8. The molecule has 2 unspecified atom stereocenters. The third-order valence-corrected chi connectivity index (χ3v) is 10.8. The van der Waals surface area contributed by atoms with E-state index < -0.39 is 34.5 Å². The Bertz CT molecular complexity index is 2260. The van der Waals surface area contributed by atoms with Gasteiger partial charge in [0.1, 0.15) is 34.3 Å². The van der Waals surface area contributed by atoms with Gasteiger partial charge in [-0.3, -0.25) is 9.88 Å². The van der Waals surface area contributed by atoms with Crippen molar-refractivity contribution in [3.8, 4) is 29.4 Å². The summed E-state index contributed by atoms with van der Waals surface area (Å²) in [6, 6.07) is 5.80. The van der Waals surface area contributed by atoms with Crippen LogP contribution in [0.5, 0.6) is 5.75 Å². The summed E-state index contributed by atoms with van der Waals surface area (Å²) in [6.45, 7) is 13.5. The largest absolute Gasteiger partial charge is 0.468 e. The van der Waals surface area contributed by atoms with E-state index in [0.29, 0.717) is 64.9 Å². The van der Waals surface area contributed by atoms with Crippen LogP contribution in [0.15, 0.2) is 30.5 Å². The molecule has 296 valence electrons. The minimum absolute atomic E-state index is 0.0294. The fraction of sp³-hybridized carbons (Fsp3) is 0.488. The maximum atomic E-state index is 17.8. The number of aromatic nitrogens is 2. The molecule has 3 fully saturated rings. The summed E-state index contributed by atoms with van der Waals surface area (Å²) in [5, 5.41) is 4.67. The molecular formula is C43H49F2N5O6. The molecule has 4 aromatic rings. The number of pyridine rings is 2. The molecule has 2 aromatic heterocycles. The van der Waals surface area contributed by atoms with Crippen molar-refractivity contribution in [2.24, 2.45) is 0 Å². The van der Waals surface area contributed by atoms with Gasteiger partial charge in [-0.15, -0.1) is 6.42 Å². The first-order valence-corrected chi connectivity index (χ1v) is 19.1. The predicted molar refractivity (Wildman–Crippen MR) is 210 cm³/mol. The number of aryl methyl sites for hydroxylation is 1. The third kappa shape index (κ3) is 7.15. The minimum Gasteiger partial charge on any atom is -0.468 e. The van der Waals surface area contributed by atoms with Crippen LogP contribution < -0.4 is 15.0 Å². The smallest absolute Gasteiger partial charge is 0.410 e. The number of nitrogens with zero attached hydrogens (tertiary/aromatic N) is 4. The first-order valence-electron chi connectivity index (χ1n) is 19.1. The Kier molecular flexibility index (Phi) is 10.0. The van der Waals surface area contributed by atoms with Crippen molar-refractivity contribution >= 4 is 39.5 Å². The number of fused-ring (bicyclic) bond motifs is 4. The van der Waals surface area contributed by atoms with Gasteiger partial charge in [-0.1, -0.05) is 12.0 Å². The molecule has 2 aliphatic heterocycles. The molecule has 13 heteroatoms. The van der Waals surface area contributed by atoms with Gasteiger partial charge < -0.3 is 29.2 Å².